The Kier molecular flexibility index (Phi) is 5.25. The summed E-state index contributed by atoms with van der Waals surface area (Å²) in [5.41, 5.74) is 1.14. The zero-order valence-electron chi connectivity index (χ0n) is 18.3. The van der Waals surface area contributed by atoms with E-state index in [-0.39, 0.29) is 11.5 Å². The average molecular weight is 377 g/mol. The second-order valence-corrected chi connectivity index (χ2v) is 11.8. The van der Waals surface area contributed by atoms with Crippen molar-refractivity contribution >= 4 is 0 Å². The zero-order valence-corrected chi connectivity index (χ0v) is 18.3. The Balaban J connectivity index is 1.62. The Bertz CT molecular complexity index is 544. The smallest absolute Gasteiger partial charge is 0.0512 e. The molecular formula is C25H44O2. The number of aliphatic hydroxyl groups is 2. The number of hydrogen-bond donors (Lipinski definition) is 2. The van der Waals surface area contributed by atoms with E-state index in [1.807, 2.05) is 6.92 Å². The third-order valence-corrected chi connectivity index (χ3v) is 10.8. The molecule has 4 fully saturated rings. The van der Waals surface area contributed by atoms with Gasteiger partial charge in [-0.25, -0.2) is 0 Å². The molecule has 4 aliphatic rings. The first-order valence-corrected chi connectivity index (χ1v) is 12.1. The lowest BCUT2D eigenvalue weighted by atomic mass is 9.39. The van der Waals surface area contributed by atoms with Crippen molar-refractivity contribution in [3.8, 4) is 0 Å². The van der Waals surface area contributed by atoms with Crippen molar-refractivity contribution in [2.75, 3.05) is 6.61 Å². The fourth-order valence-electron chi connectivity index (χ4n) is 9.11. The van der Waals surface area contributed by atoms with E-state index < -0.39 is 0 Å². The largest absolute Gasteiger partial charge is 0.396 e. The molecule has 0 aromatic carbocycles. The van der Waals surface area contributed by atoms with Gasteiger partial charge in [-0.2, -0.15) is 0 Å². The summed E-state index contributed by atoms with van der Waals surface area (Å²) in [4.78, 5) is 0. The first-order chi connectivity index (χ1) is 12.8. The van der Waals surface area contributed by atoms with Crippen LogP contribution in [0.25, 0.3) is 0 Å². The van der Waals surface area contributed by atoms with Gasteiger partial charge < -0.3 is 10.2 Å². The van der Waals surface area contributed by atoms with Crippen molar-refractivity contribution in [1.82, 2.24) is 0 Å². The molecule has 2 N–H and O–H groups in total. The second kappa shape index (κ2) is 7.01. The molecule has 4 saturated carbocycles. The van der Waals surface area contributed by atoms with Gasteiger partial charge in [-0.05, 0) is 117 Å². The predicted octanol–water partition coefficient (Wildman–Crippen LogP) is 5.80. The molecule has 0 aromatic heterocycles. The van der Waals surface area contributed by atoms with Crippen LogP contribution in [0.2, 0.25) is 0 Å². The molecule has 2 nitrogen and oxygen atoms in total. The molecule has 0 bridgehead atoms. The quantitative estimate of drug-likeness (QED) is 0.650. The topological polar surface area (TPSA) is 40.5 Å². The van der Waals surface area contributed by atoms with E-state index in [0.717, 1.165) is 36.0 Å². The molecule has 9 atom stereocenters. The Morgan fingerprint density at radius 1 is 0.963 bits per heavy atom. The molecule has 0 radical (unpaired) electrons. The fourth-order valence-corrected chi connectivity index (χ4v) is 9.11. The van der Waals surface area contributed by atoms with Crippen LogP contribution in [0.15, 0.2) is 0 Å². The van der Waals surface area contributed by atoms with Crippen molar-refractivity contribution in [1.29, 1.82) is 0 Å². The lowest BCUT2D eigenvalue weighted by molar-refractivity contribution is -0.170. The normalized spacial score (nSPS) is 53.3. The third-order valence-electron chi connectivity index (χ3n) is 10.8. The van der Waals surface area contributed by atoms with E-state index >= 15 is 0 Å². The van der Waals surface area contributed by atoms with Crippen LogP contribution in [0.4, 0.5) is 0 Å². The minimum Gasteiger partial charge on any atom is -0.396 e. The van der Waals surface area contributed by atoms with Gasteiger partial charge in [0.2, 0.25) is 0 Å². The van der Waals surface area contributed by atoms with Crippen molar-refractivity contribution < 1.29 is 10.2 Å². The summed E-state index contributed by atoms with van der Waals surface area (Å²) in [7, 11) is 0. The Morgan fingerprint density at radius 3 is 2.44 bits per heavy atom. The lowest BCUT2D eigenvalue weighted by Gasteiger charge is -2.65. The highest BCUT2D eigenvalue weighted by Crippen LogP contribution is 2.70. The van der Waals surface area contributed by atoms with Crippen LogP contribution in [0, 0.1) is 45.8 Å². The molecule has 4 rings (SSSR count). The minimum absolute atomic E-state index is 0.170. The van der Waals surface area contributed by atoms with Gasteiger partial charge in [0.15, 0.2) is 0 Å². The van der Waals surface area contributed by atoms with E-state index in [9.17, 15) is 10.2 Å². The zero-order chi connectivity index (χ0) is 19.4. The van der Waals surface area contributed by atoms with Gasteiger partial charge in [0, 0.05) is 6.61 Å². The fraction of sp³-hybridized carbons (Fsp3) is 1.00. The SMILES string of the molecule is CC(O)CCC1(C)C(C)CCC2(C)C3CCC4(CO)CCCC4C3CCC12. The van der Waals surface area contributed by atoms with Crippen molar-refractivity contribution in [3.05, 3.63) is 0 Å². The van der Waals surface area contributed by atoms with Gasteiger partial charge >= 0.3 is 0 Å². The highest BCUT2D eigenvalue weighted by molar-refractivity contribution is 5.11. The van der Waals surface area contributed by atoms with Crippen LogP contribution in [-0.4, -0.2) is 22.9 Å². The van der Waals surface area contributed by atoms with Crippen LogP contribution < -0.4 is 0 Å². The van der Waals surface area contributed by atoms with Crippen LogP contribution in [0.1, 0.15) is 98.3 Å². The van der Waals surface area contributed by atoms with Crippen LogP contribution >= 0.6 is 0 Å². The summed E-state index contributed by atoms with van der Waals surface area (Å²) in [5, 5.41) is 20.2. The van der Waals surface area contributed by atoms with Gasteiger partial charge in [0.1, 0.15) is 0 Å². The first kappa shape index (κ1) is 20.2. The van der Waals surface area contributed by atoms with Crippen molar-refractivity contribution in [2.45, 2.75) is 104 Å². The highest BCUT2D eigenvalue weighted by Gasteiger charge is 2.62. The molecule has 156 valence electrons. The van der Waals surface area contributed by atoms with Crippen LogP contribution in [-0.2, 0) is 0 Å². The molecule has 0 amide bonds. The Morgan fingerprint density at radius 2 is 1.74 bits per heavy atom. The monoisotopic (exact) mass is 376 g/mol. The Hall–Kier alpha value is -0.0800. The predicted molar refractivity (Wildman–Crippen MR) is 111 cm³/mol. The molecule has 0 saturated heterocycles. The maximum absolute atomic E-state index is 10.3. The summed E-state index contributed by atoms with van der Waals surface area (Å²) in [6.07, 6.45) is 14.2. The van der Waals surface area contributed by atoms with Crippen LogP contribution in [0.5, 0.6) is 0 Å². The number of rotatable bonds is 4. The first-order valence-electron chi connectivity index (χ1n) is 12.1. The van der Waals surface area contributed by atoms with Gasteiger partial charge in [0.05, 0.1) is 6.10 Å². The Labute approximate surface area is 167 Å². The molecule has 0 heterocycles. The minimum atomic E-state index is -0.170. The molecule has 2 heteroatoms. The van der Waals surface area contributed by atoms with E-state index in [1.54, 1.807) is 0 Å². The van der Waals surface area contributed by atoms with E-state index in [1.165, 1.54) is 64.2 Å². The summed E-state index contributed by atoms with van der Waals surface area (Å²) >= 11 is 0. The van der Waals surface area contributed by atoms with Crippen LogP contribution in [0.3, 0.4) is 0 Å². The maximum Gasteiger partial charge on any atom is 0.0512 e. The standard InChI is InChI=1S/C25H44O2/c1-17-9-13-24(4)20-11-15-25(16-26)12-5-6-21(25)19(20)7-8-22(24)23(17,3)14-10-18(2)27/h17-22,26-27H,5-16H2,1-4H3. The third kappa shape index (κ3) is 2.95. The molecule has 9 unspecified atom stereocenters. The van der Waals surface area contributed by atoms with Crippen molar-refractivity contribution in [3.63, 3.8) is 0 Å². The van der Waals surface area contributed by atoms with Gasteiger partial charge in [0.25, 0.3) is 0 Å². The molecular weight excluding hydrogens is 332 g/mol. The number of hydrogen-bond acceptors (Lipinski definition) is 2. The average Bonchev–Trinajstić information content (AvgIpc) is 3.08. The van der Waals surface area contributed by atoms with Crippen molar-refractivity contribution in [2.24, 2.45) is 45.8 Å². The van der Waals surface area contributed by atoms with Gasteiger partial charge in [-0.1, -0.05) is 27.2 Å². The molecule has 27 heavy (non-hydrogen) atoms. The van der Waals surface area contributed by atoms with E-state index in [2.05, 4.69) is 20.8 Å². The van der Waals surface area contributed by atoms with Gasteiger partial charge in [-0.3, -0.25) is 0 Å². The summed E-state index contributed by atoms with van der Waals surface area (Å²) < 4.78 is 0. The number of fused-ring (bicyclic) bond motifs is 5. The molecule has 4 aliphatic carbocycles. The lowest BCUT2D eigenvalue weighted by Crippen LogP contribution is -2.58. The maximum atomic E-state index is 10.3. The second-order valence-electron chi connectivity index (χ2n) is 11.8. The van der Waals surface area contributed by atoms with E-state index in [0.29, 0.717) is 17.4 Å². The molecule has 0 aromatic rings. The summed E-state index contributed by atoms with van der Waals surface area (Å²) in [6.45, 7) is 10.1. The summed E-state index contributed by atoms with van der Waals surface area (Å²) in [6, 6.07) is 0. The van der Waals surface area contributed by atoms with Gasteiger partial charge in [-0.15, -0.1) is 0 Å². The molecule has 0 spiro atoms. The molecule has 0 aliphatic heterocycles. The highest BCUT2D eigenvalue weighted by atomic mass is 16.3. The summed E-state index contributed by atoms with van der Waals surface area (Å²) in [5.74, 6) is 4.12. The number of aliphatic hydroxyl groups excluding tert-OH is 2. The van der Waals surface area contributed by atoms with E-state index in [4.69, 9.17) is 0 Å².